The molecule has 1 saturated heterocycles. The van der Waals surface area contributed by atoms with E-state index in [1.165, 1.54) is 0 Å². The number of benzene rings is 2. The molecule has 0 radical (unpaired) electrons. The van der Waals surface area contributed by atoms with Crippen LogP contribution in [0.2, 0.25) is 0 Å². The van der Waals surface area contributed by atoms with Crippen molar-refractivity contribution in [3.8, 4) is 22.9 Å². The van der Waals surface area contributed by atoms with Gasteiger partial charge in [0, 0.05) is 13.0 Å². The molecule has 1 atom stereocenters. The zero-order valence-corrected chi connectivity index (χ0v) is 15.8. The summed E-state index contributed by atoms with van der Waals surface area (Å²) in [5, 5.41) is 4.11. The zero-order chi connectivity index (χ0) is 19.5. The van der Waals surface area contributed by atoms with Crippen molar-refractivity contribution in [2.24, 2.45) is 0 Å². The maximum atomic E-state index is 12.6. The number of hydrogen-bond acceptors (Lipinski definition) is 6. The quantitative estimate of drug-likeness (QED) is 0.650. The van der Waals surface area contributed by atoms with E-state index in [-0.39, 0.29) is 11.8 Å². The molecule has 0 N–H and O–H groups in total. The van der Waals surface area contributed by atoms with E-state index in [2.05, 4.69) is 10.1 Å². The second kappa shape index (κ2) is 7.72. The zero-order valence-electron chi connectivity index (χ0n) is 15.8. The standard InChI is InChI=1S/C21H21N3O4/c1-3-27-17-10-6-4-8-15(17)20-22-21(28-23-20)14-12-19(25)24(13-14)16-9-5-7-11-18(16)26-2/h4-11,14H,3,12-13H2,1-2H3. The second-order valence-corrected chi connectivity index (χ2v) is 6.46. The number of carbonyl (C=O) groups excluding carboxylic acids is 1. The molecule has 4 rings (SSSR count). The number of aromatic nitrogens is 2. The number of carbonyl (C=O) groups is 1. The summed E-state index contributed by atoms with van der Waals surface area (Å²) < 4.78 is 16.5. The summed E-state index contributed by atoms with van der Waals surface area (Å²) in [6, 6.07) is 15.0. The van der Waals surface area contributed by atoms with Crippen molar-refractivity contribution in [3.05, 3.63) is 54.4 Å². The summed E-state index contributed by atoms with van der Waals surface area (Å²) in [7, 11) is 1.59. The van der Waals surface area contributed by atoms with Crippen LogP contribution in [0.15, 0.2) is 53.1 Å². The van der Waals surface area contributed by atoms with Crippen LogP contribution in [0.25, 0.3) is 11.4 Å². The number of rotatable bonds is 6. The molecule has 0 saturated carbocycles. The predicted octanol–water partition coefficient (Wildman–Crippen LogP) is 3.66. The lowest BCUT2D eigenvalue weighted by atomic mass is 10.1. The lowest BCUT2D eigenvalue weighted by molar-refractivity contribution is -0.117. The topological polar surface area (TPSA) is 77.7 Å². The largest absolute Gasteiger partial charge is 0.495 e. The van der Waals surface area contributed by atoms with Gasteiger partial charge in [-0.15, -0.1) is 0 Å². The molecule has 2 heterocycles. The van der Waals surface area contributed by atoms with Crippen LogP contribution < -0.4 is 14.4 Å². The van der Waals surface area contributed by atoms with Gasteiger partial charge < -0.3 is 18.9 Å². The third kappa shape index (κ3) is 3.31. The Balaban J connectivity index is 1.58. The Bertz CT molecular complexity index is 985. The molecule has 1 aromatic heterocycles. The van der Waals surface area contributed by atoms with Gasteiger partial charge in [0.25, 0.3) is 0 Å². The first-order valence-corrected chi connectivity index (χ1v) is 9.20. The van der Waals surface area contributed by atoms with Crippen molar-refractivity contribution < 1.29 is 18.8 Å². The summed E-state index contributed by atoms with van der Waals surface area (Å²) >= 11 is 0. The van der Waals surface area contributed by atoms with Crippen LogP contribution in [0, 0.1) is 0 Å². The number of amides is 1. The highest BCUT2D eigenvalue weighted by atomic mass is 16.5. The minimum Gasteiger partial charge on any atom is -0.495 e. The summed E-state index contributed by atoms with van der Waals surface area (Å²) in [4.78, 5) is 18.9. The van der Waals surface area contributed by atoms with E-state index in [9.17, 15) is 4.79 Å². The van der Waals surface area contributed by atoms with Crippen LogP contribution in [0.3, 0.4) is 0 Å². The van der Waals surface area contributed by atoms with Crippen LogP contribution in [0.1, 0.15) is 25.2 Å². The molecule has 144 valence electrons. The Morgan fingerprint density at radius 2 is 1.89 bits per heavy atom. The Hall–Kier alpha value is -3.35. The maximum Gasteiger partial charge on any atom is 0.232 e. The Morgan fingerprint density at radius 3 is 2.68 bits per heavy atom. The molecule has 7 nitrogen and oxygen atoms in total. The maximum absolute atomic E-state index is 12.6. The van der Waals surface area contributed by atoms with Gasteiger partial charge >= 0.3 is 0 Å². The van der Waals surface area contributed by atoms with E-state index in [1.54, 1.807) is 12.0 Å². The molecular weight excluding hydrogens is 358 g/mol. The highest BCUT2D eigenvalue weighted by Crippen LogP contribution is 2.37. The number of hydrogen-bond donors (Lipinski definition) is 0. The predicted molar refractivity (Wildman–Crippen MR) is 104 cm³/mol. The van der Waals surface area contributed by atoms with Gasteiger partial charge in [0.05, 0.1) is 30.9 Å². The first kappa shape index (κ1) is 18.0. The molecule has 0 spiro atoms. The van der Waals surface area contributed by atoms with Gasteiger partial charge in [-0.1, -0.05) is 29.4 Å². The number of nitrogens with zero attached hydrogens (tertiary/aromatic N) is 3. The van der Waals surface area contributed by atoms with Crippen LogP contribution in [-0.2, 0) is 4.79 Å². The van der Waals surface area contributed by atoms with E-state index >= 15 is 0 Å². The first-order valence-electron chi connectivity index (χ1n) is 9.20. The number of ether oxygens (including phenoxy) is 2. The minimum absolute atomic E-state index is 0.00367. The lowest BCUT2D eigenvalue weighted by Gasteiger charge is -2.18. The van der Waals surface area contributed by atoms with Crippen molar-refractivity contribution in [1.82, 2.24) is 10.1 Å². The average molecular weight is 379 g/mol. The van der Waals surface area contributed by atoms with E-state index < -0.39 is 0 Å². The van der Waals surface area contributed by atoms with E-state index in [1.807, 2.05) is 55.5 Å². The van der Waals surface area contributed by atoms with Gasteiger partial charge in [-0.2, -0.15) is 4.98 Å². The van der Waals surface area contributed by atoms with Crippen LogP contribution >= 0.6 is 0 Å². The normalized spacial score (nSPS) is 16.4. The van der Waals surface area contributed by atoms with Crippen LogP contribution in [-0.4, -0.2) is 36.3 Å². The highest BCUT2D eigenvalue weighted by Gasteiger charge is 2.36. The molecule has 1 amide bonds. The number of para-hydroxylation sites is 3. The molecule has 1 aliphatic heterocycles. The van der Waals surface area contributed by atoms with Crippen LogP contribution in [0.4, 0.5) is 5.69 Å². The van der Waals surface area contributed by atoms with E-state index in [0.717, 1.165) is 11.3 Å². The van der Waals surface area contributed by atoms with Gasteiger partial charge in [-0.25, -0.2) is 0 Å². The Kier molecular flexibility index (Phi) is 4.97. The molecule has 7 heteroatoms. The first-order chi connectivity index (χ1) is 13.7. The van der Waals surface area contributed by atoms with Gasteiger partial charge in [-0.05, 0) is 31.2 Å². The third-order valence-electron chi connectivity index (χ3n) is 4.72. The summed E-state index contributed by atoms with van der Waals surface area (Å²) in [6.07, 6.45) is 0.312. The molecule has 28 heavy (non-hydrogen) atoms. The van der Waals surface area contributed by atoms with Gasteiger partial charge in [0.15, 0.2) is 0 Å². The van der Waals surface area contributed by atoms with Crippen molar-refractivity contribution in [3.63, 3.8) is 0 Å². The minimum atomic E-state index is -0.169. The molecule has 1 aliphatic rings. The summed E-state index contributed by atoms with van der Waals surface area (Å²) in [5.74, 6) is 2.11. The van der Waals surface area contributed by atoms with Gasteiger partial charge in [0.1, 0.15) is 11.5 Å². The van der Waals surface area contributed by atoms with Crippen molar-refractivity contribution in [1.29, 1.82) is 0 Å². The fourth-order valence-corrected chi connectivity index (χ4v) is 3.40. The lowest BCUT2D eigenvalue weighted by Crippen LogP contribution is -2.24. The third-order valence-corrected chi connectivity index (χ3v) is 4.72. The molecule has 2 aromatic carbocycles. The molecule has 0 bridgehead atoms. The van der Waals surface area contributed by atoms with Gasteiger partial charge in [0.2, 0.25) is 17.6 Å². The highest BCUT2D eigenvalue weighted by molar-refractivity contribution is 5.97. The average Bonchev–Trinajstić information content (AvgIpc) is 3.35. The Labute approximate surface area is 162 Å². The Morgan fingerprint density at radius 1 is 1.14 bits per heavy atom. The summed E-state index contributed by atoms with van der Waals surface area (Å²) in [5.41, 5.74) is 1.52. The molecule has 0 aliphatic carbocycles. The van der Waals surface area contributed by atoms with Crippen molar-refractivity contribution >= 4 is 11.6 Å². The fraction of sp³-hybridized carbons (Fsp3) is 0.286. The van der Waals surface area contributed by atoms with Gasteiger partial charge in [-0.3, -0.25) is 4.79 Å². The van der Waals surface area contributed by atoms with E-state index in [0.29, 0.717) is 42.8 Å². The fourth-order valence-electron chi connectivity index (χ4n) is 3.40. The van der Waals surface area contributed by atoms with Crippen molar-refractivity contribution in [2.45, 2.75) is 19.3 Å². The second-order valence-electron chi connectivity index (χ2n) is 6.46. The smallest absolute Gasteiger partial charge is 0.232 e. The molecule has 1 fully saturated rings. The molecular formula is C21H21N3O4. The van der Waals surface area contributed by atoms with E-state index in [4.69, 9.17) is 14.0 Å². The van der Waals surface area contributed by atoms with Crippen molar-refractivity contribution in [2.75, 3.05) is 25.2 Å². The molecule has 3 aromatic rings. The van der Waals surface area contributed by atoms with Crippen LogP contribution in [0.5, 0.6) is 11.5 Å². The SMILES string of the molecule is CCOc1ccccc1-c1noc(C2CC(=O)N(c3ccccc3OC)C2)n1. The monoisotopic (exact) mass is 379 g/mol. The number of anilines is 1. The molecule has 1 unspecified atom stereocenters. The summed E-state index contributed by atoms with van der Waals surface area (Å²) in [6.45, 7) is 2.94. The number of methoxy groups -OCH3 is 1.